The summed E-state index contributed by atoms with van der Waals surface area (Å²) >= 11 is 0. The molecule has 0 amide bonds. The fraction of sp³-hybridized carbons (Fsp3) is 0.0600. The van der Waals surface area contributed by atoms with Crippen LogP contribution in [0.1, 0.15) is 30.5 Å². The van der Waals surface area contributed by atoms with Crippen molar-refractivity contribution in [3.05, 3.63) is 193 Å². The van der Waals surface area contributed by atoms with E-state index in [1.54, 1.807) is 0 Å². The molecule has 0 unspecified atom stereocenters. The molecular formula is C50H35N3. The van der Waals surface area contributed by atoms with Crippen molar-refractivity contribution in [2.24, 2.45) is 0 Å². The summed E-state index contributed by atoms with van der Waals surface area (Å²) < 4.78 is 0. The van der Waals surface area contributed by atoms with Crippen LogP contribution in [-0.4, -0.2) is 9.97 Å². The van der Waals surface area contributed by atoms with E-state index in [0.717, 1.165) is 61.5 Å². The van der Waals surface area contributed by atoms with E-state index in [4.69, 9.17) is 9.97 Å². The SMILES string of the molecule is CC1(C)c2cc(-c3ccc(-c4ccc(-c5cc(-c6cccc(-c7ccccc7)c6)nc(-c6ccccc6)n5)cc4)cc3)ccc2-c2c(C#N)cccc21. The van der Waals surface area contributed by atoms with Crippen molar-refractivity contribution in [2.45, 2.75) is 19.3 Å². The van der Waals surface area contributed by atoms with Gasteiger partial charge in [0.25, 0.3) is 0 Å². The summed E-state index contributed by atoms with van der Waals surface area (Å²) in [7, 11) is 0. The first kappa shape index (κ1) is 32.0. The highest BCUT2D eigenvalue weighted by molar-refractivity contribution is 5.87. The summed E-state index contributed by atoms with van der Waals surface area (Å²) in [6.45, 7) is 4.51. The van der Waals surface area contributed by atoms with Crippen molar-refractivity contribution in [1.29, 1.82) is 5.26 Å². The van der Waals surface area contributed by atoms with Gasteiger partial charge in [-0.15, -0.1) is 0 Å². The minimum Gasteiger partial charge on any atom is -0.228 e. The minimum absolute atomic E-state index is 0.173. The lowest BCUT2D eigenvalue weighted by Gasteiger charge is -2.22. The van der Waals surface area contributed by atoms with Crippen molar-refractivity contribution in [3.63, 3.8) is 0 Å². The van der Waals surface area contributed by atoms with Crippen LogP contribution < -0.4 is 0 Å². The molecule has 8 aromatic rings. The summed E-state index contributed by atoms with van der Waals surface area (Å²) in [4.78, 5) is 10.1. The second kappa shape index (κ2) is 13.0. The second-order valence-corrected chi connectivity index (χ2v) is 14.2. The molecule has 3 heteroatoms. The predicted octanol–water partition coefficient (Wildman–Crippen LogP) is 12.7. The molecule has 0 saturated carbocycles. The number of nitrogens with zero attached hydrogens (tertiary/aromatic N) is 3. The molecule has 7 aromatic carbocycles. The first-order valence-electron chi connectivity index (χ1n) is 18.0. The molecular weight excluding hydrogens is 643 g/mol. The third-order valence-electron chi connectivity index (χ3n) is 10.6. The van der Waals surface area contributed by atoms with Crippen LogP contribution in [-0.2, 0) is 5.41 Å². The number of aromatic nitrogens is 2. The third-order valence-corrected chi connectivity index (χ3v) is 10.6. The third kappa shape index (κ3) is 5.81. The van der Waals surface area contributed by atoms with Gasteiger partial charge in [-0.05, 0) is 74.3 Å². The lowest BCUT2D eigenvalue weighted by Crippen LogP contribution is -2.15. The van der Waals surface area contributed by atoms with Crippen molar-refractivity contribution in [2.75, 3.05) is 0 Å². The fourth-order valence-corrected chi connectivity index (χ4v) is 7.70. The summed E-state index contributed by atoms with van der Waals surface area (Å²) in [5.74, 6) is 0.701. The van der Waals surface area contributed by atoms with Crippen LogP contribution >= 0.6 is 0 Å². The van der Waals surface area contributed by atoms with Crippen LogP contribution in [0.15, 0.2) is 176 Å². The molecule has 1 aliphatic rings. The monoisotopic (exact) mass is 677 g/mol. The first-order chi connectivity index (χ1) is 26.0. The van der Waals surface area contributed by atoms with E-state index in [1.807, 2.05) is 36.4 Å². The summed E-state index contributed by atoms with van der Waals surface area (Å²) in [5, 5.41) is 9.82. The quantitative estimate of drug-likeness (QED) is 0.176. The fourth-order valence-electron chi connectivity index (χ4n) is 7.70. The Morgan fingerprint density at radius 3 is 1.57 bits per heavy atom. The molecule has 0 aliphatic heterocycles. The predicted molar refractivity (Wildman–Crippen MR) is 217 cm³/mol. The average Bonchev–Trinajstić information content (AvgIpc) is 3.47. The largest absolute Gasteiger partial charge is 0.228 e. The molecule has 1 heterocycles. The van der Waals surface area contributed by atoms with Crippen LogP contribution in [0.3, 0.4) is 0 Å². The maximum atomic E-state index is 9.82. The maximum Gasteiger partial charge on any atom is 0.160 e. The molecule has 0 fully saturated rings. The van der Waals surface area contributed by atoms with E-state index in [0.29, 0.717) is 5.82 Å². The van der Waals surface area contributed by atoms with E-state index >= 15 is 0 Å². The van der Waals surface area contributed by atoms with Gasteiger partial charge < -0.3 is 0 Å². The minimum atomic E-state index is -0.173. The molecule has 0 saturated heterocycles. The van der Waals surface area contributed by atoms with Gasteiger partial charge in [0.05, 0.1) is 23.0 Å². The molecule has 53 heavy (non-hydrogen) atoms. The van der Waals surface area contributed by atoms with E-state index in [2.05, 4.69) is 159 Å². The van der Waals surface area contributed by atoms with Gasteiger partial charge in [0.15, 0.2) is 5.82 Å². The van der Waals surface area contributed by atoms with E-state index in [-0.39, 0.29) is 5.41 Å². The van der Waals surface area contributed by atoms with Crippen molar-refractivity contribution in [3.8, 4) is 84.5 Å². The Morgan fingerprint density at radius 2 is 0.906 bits per heavy atom. The van der Waals surface area contributed by atoms with E-state index < -0.39 is 0 Å². The van der Waals surface area contributed by atoms with Crippen LogP contribution in [0, 0.1) is 11.3 Å². The Hall–Kier alpha value is -6.89. The van der Waals surface area contributed by atoms with Gasteiger partial charge in [-0.2, -0.15) is 5.26 Å². The standard InChI is InChI=1S/C50H35N3/c1-50(2)44-18-10-17-42(32-51)48(44)43-28-27-40(30-45(43)50)36-21-19-34(20-22-36)35-23-25-37(26-24-35)46-31-47(53-49(52-46)38-13-7-4-8-14-38)41-16-9-15-39(29-41)33-11-5-3-6-12-33/h3-31H,1-2H3. The normalized spacial score (nSPS) is 12.5. The van der Waals surface area contributed by atoms with Crippen molar-refractivity contribution >= 4 is 0 Å². The van der Waals surface area contributed by atoms with E-state index in [9.17, 15) is 5.26 Å². The zero-order valence-corrected chi connectivity index (χ0v) is 29.6. The van der Waals surface area contributed by atoms with Gasteiger partial charge in [-0.3, -0.25) is 0 Å². The molecule has 250 valence electrons. The topological polar surface area (TPSA) is 49.6 Å². The van der Waals surface area contributed by atoms with Gasteiger partial charge in [0, 0.05) is 27.7 Å². The lowest BCUT2D eigenvalue weighted by molar-refractivity contribution is 0.660. The summed E-state index contributed by atoms with van der Waals surface area (Å²) in [6.07, 6.45) is 0. The molecule has 0 bridgehead atoms. The number of hydrogen-bond acceptors (Lipinski definition) is 3. The van der Waals surface area contributed by atoms with Gasteiger partial charge in [-0.1, -0.05) is 166 Å². The molecule has 3 nitrogen and oxygen atoms in total. The van der Waals surface area contributed by atoms with Gasteiger partial charge in [-0.25, -0.2) is 9.97 Å². The highest BCUT2D eigenvalue weighted by atomic mass is 14.9. The molecule has 0 radical (unpaired) electrons. The molecule has 9 rings (SSSR count). The Bertz CT molecular complexity index is 2670. The number of nitriles is 1. The van der Waals surface area contributed by atoms with Crippen LogP contribution in [0.25, 0.3) is 78.4 Å². The zero-order valence-electron chi connectivity index (χ0n) is 29.6. The van der Waals surface area contributed by atoms with Gasteiger partial charge in [0.1, 0.15) is 0 Å². The highest BCUT2D eigenvalue weighted by Gasteiger charge is 2.37. The summed E-state index contributed by atoms with van der Waals surface area (Å²) in [5.41, 5.74) is 17.1. The second-order valence-electron chi connectivity index (χ2n) is 14.2. The molecule has 0 N–H and O–H groups in total. The lowest BCUT2D eigenvalue weighted by atomic mass is 9.81. The van der Waals surface area contributed by atoms with Gasteiger partial charge >= 0.3 is 0 Å². The number of hydrogen-bond donors (Lipinski definition) is 0. The molecule has 1 aromatic heterocycles. The van der Waals surface area contributed by atoms with Crippen LogP contribution in [0.5, 0.6) is 0 Å². The Labute approximate surface area is 310 Å². The van der Waals surface area contributed by atoms with E-state index in [1.165, 1.54) is 27.8 Å². The Morgan fingerprint density at radius 1 is 0.415 bits per heavy atom. The van der Waals surface area contributed by atoms with Crippen LogP contribution in [0.2, 0.25) is 0 Å². The Balaban J connectivity index is 1.02. The van der Waals surface area contributed by atoms with Crippen LogP contribution in [0.4, 0.5) is 0 Å². The average molecular weight is 678 g/mol. The highest BCUT2D eigenvalue weighted by Crippen LogP contribution is 2.50. The first-order valence-corrected chi connectivity index (χ1v) is 18.0. The summed E-state index contributed by atoms with van der Waals surface area (Å²) in [6, 6.07) is 63.9. The number of fused-ring (bicyclic) bond motifs is 3. The Kier molecular flexibility index (Phi) is 7.87. The zero-order chi connectivity index (χ0) is 35.9. The van der Waals surface area contributed by atoms with Crippen molar-refractivity contribution < 1.29 is 0 Å². The van der Waals surface area contributed by atoms with Crippen molar-refractivity contribution in [1.82, 2.24) is 9.97 Å². The number of rotatable bonds is 6. The smallest absolute Gasteiger partial charge is 0.160 e. The molecule has 0 atom stereocenters. The van der Waals surface area contributed by atoms with Gasteiger partial charge in [0.2, 0.25) is 0 Å². The molecule has 0 spiro atoms. The number of benzene rings is 7. The maximum absolute atomic E-state index is 9.82. The molecule has 1 aliphatic carbocycles.